The van der Waals surface area contributed by atoms with Gasteiger partial charge in [-0.1, -0.05) is 0 Å². The SMILES string of the molecule is CC(O)C(I)OC(C)(C)C. The van der Waals surface area contributed by atoms with Crippen LogP contribution in [-0.4, -0.2) is 20.9 Å². The maximum Gasteiger partial charge on any atom is 0.134 e. The van der Waals surface area contributed by atoms with Gasteiger partial charge in [-0.3, -0.25) is 0 Å². The van der Waals surface area contributed by atoms with E-state index in [1.807, 2.05) is 20.8 Å². The van der Waals surface area contributed by atoms with Gasteiger partial charge in [0.1, 0.15) is 4.11 Å². The molecule has 0 fully saturated rings. The van der Waals surface area contributed by atoms with Gasteiger partial charge < -0.3 is 9.84 Å². The van der Waals surface area contributed by atoms with E-state index in [4.69, 9.17) is 9.84 Å². The number of aliphatic hydroxyl groups excluding tert-OH is 1. The first-order valence-electron chi connectivity index (χ1n) is 3.33. The van der Waals surface area contributed by atoms with Crippen LogP contribution in [-0.2, 0) is 4.74 Å². The molecule has 3 heteroatoms. The van der Waals surface area contributed by atoms with Crippen molar-refractivity contribution < 1.29 is 9.84 Å². The molecule has 0 saturated heterocycles. The third kappa shape index (κ3) is 5.44. The Hall–Kier alpha value is 0.650. The highest BCUT2D eigenvalue weighted by Gasteiger charge is 2.19. The van der Waals surface area contributed by atoms with Crippen LogP contribution in [0.5, 0.6) is 0 Å². The largest absolute Gasteiger partial charge is 0.390 e. The lowest BCUT2D eigenvalue weighted by Crippen LogP contribution is -2.30. The van der Waals surface area contributed by atoms with Gasteiger partial charge in [0.25, 0.3) is 0 Å². The number of alkyl halides is 1. The second-order valence-electron chi connectivity index (χ2n) is 3.32. The van der Waals surface area contributed by atoms with Crippen molar-refractivity contribution in [3.63, 3.8) is 0 Å². The fraction of sp³-hybridized carbons (Fsp3) is 1.00. The Kier molecular flexibility index (Phi) is 4.13. The van der Waals surface area contributed by atoms with Crippen LogP contribution in [0.1, 0.15) is 27.7 Å². The first-order chi connectivity index (χ1) is 4.33. The van der Waals surface area contributed by atoms with Gasteiger partial charge in [-0.25, -0.2) is 0 Å². The van der Waals surface area contributed by atoms with Gasteiger partial charge >= 0.3 is 0 Å². The maximum atomic E-state index is 9.05. The maximum absolute atomic E-state index is 9.05. The zero-order valence-electron chi connectivity index (χ0n) is 6.89. The molecule has 1 N–H and O–H groups in total. The Morgan fingerprint density at radius 1 is 1.40 bits per heavy atom. The molecule has 0 aliphatic carbocycles. The number of ether oxygens (including phenoxy) is 1. The van der Waals surface area contributed by atoms with Crippen molar-refractivity contribution in [2.45, 2.75) is 43.5 Å². The van der Waals surface area contributed by atoms with Crippen molar-refractivity contribution in [1.29, 1.82) is 0 Å². The topological polar surface area (TPSA) is 29.5 Å². The van der Waals surface area contributed by atoms with Gasteiger partial charge in [0.05, 0.1) is 11.7 Å². The molecular formula is C7H15IO2. The van der Waals surface area contributed by atoms with E-state index in [9.17, 15) is 0 Å². The van der Waals surface area contributed by atoms with Crippen LogP contribution < -0.4 is 0 Å². The van der Waals surface area contributed by atoms with Gasteiger partial charge in [-0.05, 0) is 50.3 Å². The van der Waals surface area contributed by atoms with Gasteiger partial charge in [0.15, 0.2) is 0 Å². The summed E-state index contributed by atoms with van der Waals surface area (Å²) < 4.78 is 5.32. The first-order valence-corrected chi connectivity index (χ1v) is 4.57. The van der Waals surface area contributed by atoms with E-state index in [1.165, 1.54) is 0 Å². The molecule has 0 amide bonds. The van der Waals surface area contributed by atoms with Crippen LogP contribution >= 0.6 is 22.6 Å². The van der Waals surface area contributed by atoms with E-state index in [-0.39, 0.29) is 9.71 Å². The molecule has 0 aromatic carbocycles. The van der Waals surface area contributed by atoms with Crippen molar-refractivity contribution in [1.82, 2.24) is 0 Å². The summed E-state index contributed by atoms with van der Waals surface area (Å²) in [6.45, 7) is 7.64. The predicted octanol–water partition coefficient (Wildman–Crippen LogP) is 1.94. The minimum atomic E-state index is -0.403. The summed E-state index contributed by atoms with van der Waals surface area (Å²) in [5.74, 6) is 0. The number of aliphatic hydroxyl groups is 1. The minimum Gasteiger partial charge on any atom is -0.390 e. The van der Waals surface area contributed by atoms with Crippen LogP contribution in [0.15, 0.2) is 0 Å². The lowest BCUT2D eigenvalue weighted by atomic mass is 10.2. The van der Waals surface area contributed by atoms with Gasteiger partial charge in [-0.2, -0.15) is 0 Å². The van der Waals surface area contributed by atoms with Crippen LogP contribution in [0.4, 0.5) is 0 Å². The smallest absolute Gasteiger partial charge is 0.134 e. The molecular weight excluding hydrogens is 243 g/mol. The molecule has 2 nitrogen and oxygen atoms in total. The average molecular weight is 258 g/mol. The molecule has 2 atom stereocenters. The van der Waals surface area contributed by atoms with Crippen LogP contribution in [0.2, 0.25) is 0 Å². The Labute approximate surface area is 76.1 Å². The van der Waals surface area contributed by atoms with Crippen molar-refractivity contribution in [2.75, 3.05) is 0 Å². The summed E-state index contributed by atoms with van der Waals surface area (Å²) in [5, 5.41) is 9.05. The molecule has 0 aromatic heterocycles. The molecule has 10 heavy (non-hydrogen) atoms. The number of hydrogen-bond acceptors (Lipinski definition) is 2. The highest BCUT2D eigenvalue weighted by atomic mass is 127. The zero-order valence-corrected chi connectivity index (χ0v) is 9.05. The molecule has 0 aliphatic heterocycles. The molecule has 0 bridgehead atoms. The van der Waals surface area contributed by atoms with Gasteiger partial charge in [0.2, 0.25) is 0 Å². The van der Waals surface area contributed by atoms with Crippen molar-refractivity contribution in [3.05, 3.63) is 0 Å². The third-order valence-corrected chi connectivity index (χ3v) is 2.14. The molecule has 0 spiro atoms. The van der Waals surface area contributed by atoms with Crippen LogP contribution in [0, 0.1) is 0 Å². The predicted molar refractivity (Wildman–Crippen MR) is 50.3 cm³/mol. The lowest BCUT2D eigenvalue weighted by Gasteiger charge is -2.25. The quantitative estimate of drug-likeness (QED) is 0.606. The van der Waals surface area contributed by atoms with Crippen molar-refractivity contribution in [3.8, 4) is 0 Å². The summed E-state index contributed by atoms with van der Waals surface area (Å²) in [6, 6.07) is 0. The molecule has 0 saturated carbocycles. The van der Waals surface area contributed by atoms with Gasteiger partial charge in [0, 0.05) is 0 Å². The van der Waals surface area contributed by atoms with Crippen molar-refractivity contribution >= 4 is 22.6 Å². The fourth-order valence-electron chi connectivity index (χ4n) is 0.436. The number of hydrogen-bond donors (Lipinski definition) is 1. The van der Waals surface area contributed by atoms with E-state index in [1.54, 1.807) is 6.92 Å². The summed E-state index contributed by atoms with van der Waals surface area (Å²) in [7, 11) is 0. The summed E-state index contributed by atoms with van der Waals surface area (Å²) in [6.07, 6.45) is -0.403. The Morgan fingerprint density at radius 3 is 1.90 bits per heavy atom. The fourth-order valence-corrected chi connectivity index (χ4v) is 1.20. The zero-order chi connectivity index (χ0) is 8.36. The second kappa shape index (κ2) is 3.88. The molecule has 0 rings (SSSR count). The normalized spacial score (nSPS) is 18.6. The highest BCUT2D eigenvalue weighted by molar-refractivity contribution is 14.1. The number of halogens is 1. The van der Waals surface area contributed by atoms with E-state index in [0.717, 1.165) is 0 Å². The Morgan fingerprint density at radius 2 is 1.80 bits per heavy atom. The molecule has 0 aromatic rings. The van der Waals surface area contributed by atoms with E-state index < -0.39 is 6.10 Å². The third-order valence-electron chi connectivity index (χ3n) is 0.845. The second-order valence-corrected chi connectivity index (χ2v) is 4.55. The minimum absolute atomic E-state index is 0.113. The van der Waals surface area contributed by atoms with Crippen LogP contribution in [0.3, 0.4) is 0 Å². The van der Waals surface area contributed by atoms with E-state index in [2.05, 4.69) is 22.6 Å². The molecule has 0 aliphatic rings. The Balaban J connectivity index is 3.68. The lowest BCUT2D eigenvalue weighted by molar-refractivity contribution is -0.0545. The molecule has 2 unspecified atom stereocenters. The standard InChI is InChI=1S/C7H15IO2/c1-5(9)6(8)10-7(2,3)4/h5-6,9H,1-4H3. The molecule has 0 heterocycles. The van der Waals surface area contributed by atoms with E-state index >= 15 is 0 Å². The van der Waals surface area contributed by atoms with E-state index in [0.29, 0.717) is 0 Å². The van der Waals surface area contributed by atoms with Crippen LogP contribution in [0.25, 0.3) is 0 Å². The summed E-state index contributed by atoms with van der Waals surface area (Å²) in [5.41, 5.74) is -0.164. The monoisotopic (exact) mass is 258 g/mol. The van der Waals surface area contributed by atoms with Gasteiger partial charge in [-0.15, -0.1) is 0 Å². The summed E-state index contributed by atoms with van der Waals surface area (Å²) in [4.78, 5) is 0. The first kappa shape index (κ1) is 10.7. The molecule has 0 radical (unpaired) electrons. The number of rotatable bonds is 2. The molecule has 62 valence electrons. The average Bonchev–Trinajstić information content (AvgIpc) is 1.60. The van der Waals surface area contributed by atoms with Crippen molar-refractivity contribution in [2.24, 2.45) is 0 Å². The Bertz CT molecular complexity index is 96.3. The summed E-state index contributed by atoms with van der Waals surface area (Å²) >= 11 is 2.08. The highest BCUT2D eigenvalue weighted by Crippen LogP contribution is 2.17.